The van der Waals surface area contributed by atoms with Crippen LogP contribution >= 0.6 is 0 Å². The molecule has 0 aliphatic heterocycles. The van der Waals surface area contributed by atoms with Crippen LogP contribution in [0.5, 0.6) is 0 Å². The molecular formula is C120H140N14Ru2+4. The maximum absolute atomic E-state index is 5.14. The fourth-order valence-electron chi connectivity index (χ4n) is 23.1. The van der Waals surface area contributed by atoms with Gasteiger partial charge >= 0.3 is 39.0 Å². The first-order chi connectivity index (χ1) is 65.5. The molecule has 0 fully saturated rings. The summed E-state index contributed by atoms with van der Waals surface area (Å²) in [6.45, 7) is 54.4. The Kier molecular flexibility index (Phi) is 34.3. The van der Waals surface area contributed by atoms with E-state index in [4.69, 9.17) is 49.8 Å². The molecule has 0 saturated carbocycles. The van der Waals surface area contributed by atoms with Crippen LogP contribution in [0.2, 0.25) is 0 Å². The average molecular weight is 1980 g/mol. The van der Waals surface area contributed by atoms with Crippen LogP contribution in [0.4, 0.5) is 0 Å². The zero-order valence-electron chi connectivity index (χ0n) is 85.5. The van der Waals surface area contributed by atoms with Gasteiger partial charge in [0.1, 0.15) is 0 Å². The van der Waals surface area contributed by atoms with Gasteiger partial charge in [0.2, 0.25) is 0 Å². The number of rotatable bonds is 24. The predicted octanol–water partition coefficient (Wildman–Crippen LogP) is 29.6. The summed E-state index contributed by atoms with van der Waals surface area (Å²) >= 11 is 0. The van der Waals surface area contributed by atoms with Crippen LogP contribution in [0.3, 0.4) is 0 Å². The van der Waals surface area contributed by atoms with Crippen molar-refractivity contribution in [2.24, 2.45) is 0 Å². The maximum atomic E-state index is 5.14. The minimum absolute atomic E-state index is 0. The van der Waals surface area contributed by atoms with Gasteiger partial charge in [-0.2, -0.15) is 0 Å². The Hall–Kier alpha value is -10.9. The first-order valence-corrected chi connectivity index (χ1v) is 51.3. The molecule has 19 aromatic rings. The number of pyridine rings is 12. The molecule has 0 aliphatic carbocycles. The van der Waals surface area contributed by atoms with E-state index in [2.05, 4.69) is 236 Å². The van der Waals surface area contributed by atoms with E-state index in [-0.39, 0.29) is 39.0 Å². The second-order valence-electron chi connectivity index (χ2n) is 35.4. The molecule has 0 aliphatic rings. The van der Waals surface area contributed by atoms with Crippen molar-refractivity contribution in [1.82, 2.24) is 69.8 Å². The van der Waals surface area contributed by atoms with Crippen LogP contribution < -0.4 is 0 Å². The molecule has 0 spiro atoms. The van der Waals surface area contributed by atoms with Crippen molar-refractivity contribution >= 4 is 153 Å². The third kappa shape index (κ3) is 17.8. The van der Waals surface area contributed by atoms with E-state index in [0.29, 0.717) is 0 Å². The van der Waals surface area contributed by atoms with Gasteiger partial charge in [-0.1, -0.05) is 166 Å². The van der Waals surface area contributed by atoms with Crippen molar-refractivity contribution in [1.29, 1.82) is 0 Å². The standard InChI is InChI=1S/C24H12N6.4C24H32N2.2Ru/c1-5-13-17(25-9-1)18-14(6-2-10-26-18)22-21(13)29-23-15-7-3-11-27-19(15)20-16(24(23)30-22)8-4-12-28-20;4*1-7-15-13-25-23-21(17(15)9-3)19(11-5)20(12-6)22-18(10-4)16(8-2)14-26-24(22)23;;/h1-12H;4*13-14H,7-12H2,1-6H3;;/q;;;;;2*+2. The van der Waals surface area contributed by atoms with E-state index in [9.17, 15) is 0 Å². The zero-order chi connectivity index (χ0) is 95.0. The molecule has 0 atom stereocenters. The Morgan fingerprint density at radius 2 is 0.265 bits per heavy atom. The Balaban J connectivity index is 0.000000144. The Morgan fingerprint density at radius 3 is 0.375 bits per heavy atom. The minimum atomic E-state index is 0. The van der Waals surface area contributed by atoms with Crippen molar-refractivity contribution in [3.05, 3.63) is 256 Å². The van der Waals surface area contributed by atoms with Crippen molar-refractivity contribution in [3.8, 4) is 0 Å². The smallest absolute Gasteiger partial charge is 0.254 e. The van der Waals surface area contributed by atoms with Gasteiger partial charge in [0.05, 0.1) is 88.3 Å². The summed E-state index contributed by atoms with van der Waals surface area (Å²) in [7, 11) is 0. The van der Waals surface area contributed by atoms with Gasteiger partial charge < -0.3 is 0 Å². The summed E-state index contributed by atoms with van der Waals surface area (Å²) < 4.78 is 0. The summed E-state index contributed by atoms with van der Waals surface area (Å²) in [5.41, 5.74) is 50.4. The van der Waals surface area contributed by atoms with Gasteiger partial charge in [-0.25, -0.2) is 9.97 Å². The normalized spacial score (nSPS) is 11.5. The first-order valence-electron chi connectivity index (χ1n) is 51.3. The first kappa shape index (κ1) is 102. The topological polar surface area (TPSA) is 180 Å². The number of hydrogen-bond donors (Lipinski definition) is 0. The maximum Gasteiger partial charge on any atom is 2.00 e. The molecule has 14 nitrogen and oxygen atoms in total. The fraction of sp³-hybridized carbons (Fsp3) is 0.400. The van der Waals surface area contributed by atoms with Crippen LogP contribution in [0.1, 0.15) is 300 Å². The summed E-state index contributed by atoms with van der Waals surface area (Å²) in [5.74, 6) is 0. The quantitative estimate of drug-likeness (QED) is 0.0317. The molecule has 13 aromatic heterocycles. The molecule has 6 aromatic carbocycles. The molecule has 16 heteroatoms. The van der Waals surface area contributed by atoms with Crippen molar-refractivity contribution in [2.75, 3.05) is 0 Å². The van der Waals surface area contributed by atoms with E-state index in [1.54, 1.807) is 24.8 Å². The summed E-state index contributed by atoms with van der Waals surface area (Å²) in [6, 6.07) is 15.8. The van der Waals surface area contributed by atoms with E-state index < -0.39 is 0 Å². The molecule has 702 valence electrons. The third-order valence-electron chi connectivity index (χ3n) is 29.3. The molecule has 13 heterocycles. The van der Waals surface area contributed by atoms with Crippen molar-refractivity contribution in [3.63, 3.8) is 0 Å². The van der Waals surface area contributed by atoms with Crippen molar-refractivity contribution < 1.29 is 39.0 Å². The van der Waals surface area contributed by atoms with Crippen LogP contribution in [0.15, 0.2) is 123 Å². The largest absolute Gasteiger partial charge is 2.00 e. The number of hydrogen-bond acceptors (Lipinski definition) is 14. The minimum Gasteiger partial charge on any atom is -0.254 e. The van der Waals surface area contributed by atoms with Crippen LogP contribution in [0, 0.1) is 0 Å². The van der Waals surface area contributed by atoms with Crippen LogP contribution in [0.25, 0.3) is 153 Å². The van der Waals surface area contributed by atoms with Gasteiger partial charge in [-0.15, -0.1) is 0 Å². The van der Waals surface area contributed by atoms with Gasteiger partial charge in [0.15, 0.2) is 0 Å². The number of aromatic nitrogens is 14. The SMILES string of the molecule is CCc1cnc2c(c1CC)c(CC)c(CC)c1c(CC)c(CC)cnc12.CCc1cnc2c(c1CC)c(CC)c(CC)c1c(CC)c(CC)cnc12.CCc1cnc2c(c1CC)c(CC)c(CC)c1c(CC)c(CC)cnc12.CCc1cnc2c(c1CC)c(CC)c(CC)c1c(CC)c(CC)cnc12.[Ru+2].[Ru+2].c1cnc2c(c1)c1nc3c4cccnc4c4ncccc4c3nc1c1cccnc12. The number of benzene rings is 6. The van der Waals surface area contributed by atoms with Crippen LogP contribution in [-0.4, -0.2) is 69.8 Å². The molecule has 0 unspecified atom stereocenters. The van der Waals surface area contributed by atoms with E-state index in [1.165, 1.54) is 177 Å². The van der Waals surface area contributed by atoms with Gasteiger partial charge in [0.25, 0.3) is 0 Å². The Bertz CT molecular complexity index is 6500. The molecule has 136 heavy (non-hydrogen) atoms. The van der Waals surface area contributed by atoms with Crippen LogP contribution in [-0.2, 0) is 193 Å². The van der Waals surface area contributed by atoms with E-state index >= 15 is 0 Å². The second-order valence-corrected chi connectivity index (χ2v) is 35.4. The van der Waals surface area contributed by atoms with Gasteiger partial charge in [-0.3, -0.25) is 59.8 Å². The Morgan fingerprint density at radius 1 is 0.140 bits per heavy atom. The van der Waals surface area contributed by atoms with Gasteiger partial charge in [-0.05, 0) is 336 Å². The molecule has 0 bridgehead atoms. The number of aryl methyl sites for hydroxylation is 24. The summed E-state index contributed by atoms with van der Waals surface area (Å²) in [6.07, 6.45) is 49.0. The Labute approximate surface area is 832 Å². The second kappa shape index (κ2) is 45.6. The monoisotopic (exact) mass is 1980 g/mol. The van der Waals surface area contributed by atoms with Crippen molar-refractivity contribution in [2.45, 2.75) is 320 Å². The summed E-state index contributed by atoms with van der Waals surface area (Å²) in [4.78, 5) is 68.2. The molecular weight excluding hydrogens is 1840 g/mol. The summed E-state index contributed by atoms with van der Waals surface area (Å²) in [5, 5.41) is 14.9. The average Bonchev–Trinajstić information content (AvgIpc) is 0.715. The predicted molar refractivity (Wildman–Crippen MR) is 571 cm³/mol. The molecule has 0 radical (unpaired) electrons. The third-order valence-corrected chi connectivity index (χ3v) is 29.3. The molecule has 19 rings (SSSR count). The fourth-order valence-corrected chi connectivity index (χ4v) is 23.1. The number of fused-ring (bicyclic) bond motifs is 24. The molecule has 0 amide bonds. The zero-order valence-corrected chi connectivity index (χ0v) is 89.0. The van der Waals surface area contributed by atoms with E-state index in [1.807, 2.05) is 48.5 Å². The van der Waals surface area contributed by atoms with Gasteiger partial charge in [0, 0.05) is 139 Å². The molecule has 0 N–H and O–H groups in total. The number of nitrogens with zero attached hydrogens (tertiary/aromatic N) is 14. The van der Waals surface area contributed by atoms with E-state index in [0.717, 1.165) is 264 Å². The molecule has 0 saturated heterocycles.